The molecule has 0 aromatic carbocycles. The molecule has 0 rings (SSSR count). The SMILES string of the molecule is O=S(=O)(CCl)NS(=O)(O)=CCl. The van der Waals surface area contributed by atoms with E-state index in [1.165, 1.54) is 4.13 Å². The molecule has 0 aromatic heterocycles. The lowest BCUT2D eigenvalue weighted by atomic mass is 11.9. The summed E-state index contributed by atoms with van der Waals surface area (Å²) in [5.41, 5.74) is 0. The van der Waals surface area contributed by atoms with Gasteiger partial charge in [0.25, 0.3) is 0 Å². The van der Waals surface area contributed by atoms with Crippen molar-refractivity contribution in [2.45, 2.75) is 0 Å². The fraction of sp³-hybridized carbons (Fsp3) is 0.500. The van der Waals surface area contributed by atoms with Gasteiger partial charge in [0.2, 0.25) is 10.0 Å². The van der Waals surface area contributed by atoms with Gasteiger partial charge in [0.05, 0.1) is 4.83 Å². The topological polar surface area (TPSA) is 83.5 Å². The highest BCUT2D eigenvalue weighted by Gasteiger charge is 2.13. The Balaban J connectivity index is 4.69. The molecular weight excluding hydrogens is 237 g/mol. The minimum absolute atomic E-state index is 0.317. The molecule has 0 saturated carbocycles. The summed E-state index contributed by atoms with van der Waals surface area (Å²) in [6, 6.07) is 0. The largest absolute Gasteiger partial charge is 0.301 e. The standard InChI is InChI=1S/C2H5Cl2NO4S2/c3-1-10(6,7)5-11(8,9)2-4/h1H,2H2,(H2,5,6,7). The molecule has 0 saturated heterocycles. The molecule has 68 valence electrons. The van der Waals surface area contributed by atoms with E-state index in [-0.39, 0.29) is 0 Å². The van der Waals surface area contributed by atoms with Crippen molar-refractivity contribution in [1.29, 1.82) is 0 Å². The molecule has 0 aliphatic rings. The number of hydrogen-bond donors (Lipinski definition) is 2. The van der Waals surface area contributed by atoms with E-state index in [1.54, 1.807) is 0 Å². The Morgan fingerprint density at radius 3 is 2.18 bits per heavy atom. The van der Waals surface area contributed by atoms with Gasteiger partial charge >= 0.3 is 0 Å². The quantitative estimate of drug-likeness (QED) is 0.407. The summed E-state index contributed by atoms with van der Waals surface area (Å²) in [6.07, 6.45) is 0. The molecule has 0 fully saturated rings. The first-order valence-corrected chi connectivity index (χ1v) is 6.30. The number of halogens is 2. The van der Waals surface area contributed by atoms with Crippen LogP contribution in [0.5, 0.6) is 0 Å². The van der Waals surface area contributed by atoms with Crippen molar-refractivity contribution in [1.82, 2.24) is 4.13 Å². The summed E-state index contributed by atoms with van der Waals surface area (Å²) in [5, 5.41) is -0.796. The third-order valence-corrected chi connectivity index (χ3v) is 4.60. The highest BCUT2D eigenvalue weighted by Crippen LogP contribution is 1.91. The van der Waals surface area contributed by atoms with E-state index in [0.29, 0.717) is 4.83 Å². The van der Waals surface area contributed by atoms with Crippen LogP contribution in [0.3, 0.4) is 0 Å². The smallest absolute Gasteiger partial charge is 0.238 e. The normalized spacial score (nSPS) is 17.4. The number of alkyl halides is 1. The second-order valence-corrected chi connectivity index (χ2v) is 6.08. The van der Waals surface area contributed by atoms with E-state index in [1.807, 2.05) is 0 Å². The van der Waals surface area contributed by atoms with Gasteiger partial charge in [-0.2, -0.15) is 0 Å². The molecule has 0 bridgehead atoms. The van der Waals surface area contributed by atoms with Crippen LogP contribution >= 0.6 is 23.2 Å². The van der Waals surface area contributed by atoms with Gasteiger partial charge in [-0.15, -0.1) is 15.7 Å². The average molecular weight is 242 g/mol. The molecule has 9 heteroatoms. The highest BCUT2D eigenvalue weighted by molar-refractivity contribution is 8.08. The first-order chi connectivity index (χ1) is 4.83. The first kappa shape index (κ1) is 11.5. The highest BCUT2D eigenvalue weighted by atomic mass is 35.5. The number of nitrogens with one attached hydrogen (secondary N) is 1. The Bertz CT molecular complexity index is 326. The maximum atomic E-state index is 10.5. The fourth-order valence-corrected chi connectivity index (χ4v) is 2.73. The summed E-state index contributed by atoms with van der Waals surface area (Å²) in [7, 11) is -7.74. The van der Waals surface area contributed by atoms with Gasteiger partial charge < -0.3 is 4.55 Å². The molecule has 0 aliphatic carbocycles. The Morgan fingerprint density at radius 1 is 1.45 bits per heavy atom. The monoisotopic (exact) mass is 241 g/mol. The predicted octanol–water partition coefficient (Wildman–Crippen LogP) is -0.227. The molecule has 2 N–H and O–H groups in total. The molecular formula is C2H5Cl2NO4S2. The van der Waals surface area contributed by atoms with Gasteiger partial charge in [0.1, 0.15) is 5.21 Å². The number of rotatable bonds is 3. The minimum Gasteiger partial charge on any atom is -0.301 e. The number of hydrogen-bond acceptors (Lipinski definition) is 3. The summed E-state index contributed by atoms with van der Waals surface area (Å²) in [4.78, 5) is 0.317. The van der Waals surface area contributed by atoms with Crippen molar-refractivity contribution >= 4 is 48.0 Å². The first-order valence-electron chi connectivity index (χ1n) is 2.10. The predicted molar refractivity (Wildman–Crippen MR) is 45.5 cm³/mol. The second-order valence-electron chi connectivity index (χ2n) is 1.46. The summed E-state index contributed by atoms with van der Waals surface area (Å²) >= 11 is 9.75. The van der Waals surface area contributed by atoms with Gasteiger partial charge in [-0.25, -0.2) is 12.6 Å². The van der Waals surface area contributed by atoms with Crippen LogP contribution in [0.2, 0.25) is 0 Å². The zero-order valence-corrected chi connectivity index (χ0v) is 8.17. The van der Waals surface area contributed by atoms with E-state index in [2.05, 4.69) is 0 Å². The maximum absolute atomic E-state index is 10.5. The Morgan fingerprint density at radius 2 is 1.91 bits per heavy atom. The zero-order chi connectivity index (χ0) is 9.12. The lowest BCUT2D eigenvalue weighted by Gasteiger charge is -2.02. The Labute approximate surface area is 74.7 Å². The summed E-state index contributed by atoms with van der Waals surface area (Å²) in [5.74, 6) is 0. The molecule has 0 amide bonds. The molecule has 0 heterocycles. The molecule has 11 heavy (non-hydrogen) atoms. The van der Waals surface area contributed by atoms with Crippen molar-refractivity contribution in [2.75, 3.05) is 5.21 Å². The molecule has 1 unspecified atom stereocenters. The van der Waals surface area contributed by atoms with Crippen LogP contribution in [0, 0.1) is 0 Å². The molecule has 0 radical (unpaired) electrons. The van der Waals surface area contributed by atoms with E-state index in [9.17, 15) is 12.6 Å². The second kappa shape index (κ2) is 3.92. The van der Waals surface area contributed by atoms with Crippen molar-refractivity contribution in [2.24, 2.45) is 0 Å². The fourth-order valence-electron chi connectivity index (χ4n) is 0.222. The van der Waals surface area contributed by atoms with Crippen molar-refractivity contribution in [3.8, 4) is 0 Å². The molecule has 0 aliphatic heterocycles. The minimum atomic E-state index is -3.92. The third-order valence-electron chi connectivity index (χ3n) is 0.511. The van der Waals surface area contributed by atoms with Gasteiger partial charge in [-0.3, -0.25) is 0 Å². The molecule has 1 atom stereocenters. The Hall–Kier alpha value is 0.470. The van der Waals surface area contributed by atoms with Gasteiger partial charge in [0.15, 0.2) is 9.99 Å². The lowest BCUT2D eigenvalue weighted by Crippen LogP contribution is -2.31. The number of sulfonamides is 1. The molecule has 0 aromatic rings. The summed E-state index contributed by atoms with van der Waals surface area (Å²) in [6.45, 7) is 0. The zero-order valence-electron chi connectivity index (χ0n) is 5.03. The maximum Gasteiger partial charge on any atom is 0.238 e. The Kier molecular flexibility index (Phi) is 4.09. The lowest BCUT2D eigenvalue weighted by molar-refractivity contribution is 0.551. The van der Waals surface area contributed by atoms with E-state index in [4.69, 9.17) is 27.8 Å². The molecule has 0 spiro atoms. The van der Waals surface area contributed by atoms with Gasteiger partial charge in [-0.05, 0) is 0 Å². The van der Waals surface area contributed by atoms with Crippen molar-refractivity contribution < 1.29 is 17.2 Å². The van der Waals surface area contributed by atoms with E-state index < -0.39 is 25.2 Å². The van der Waals surface area contributed by atoms with Crippen LogP contribution in [-0.2, 0) is 20.0 Å². The average Bonchev–Trinajstić information content (AvgIpc) is 1.86. The van der Waals surface area contributed by atoms with Crippen molar-refractivity contribution in [3.05, 3.63) is 0 Å². The van der Waals surface area contributed by atoms with Crippen LogP contribution in [-0.4, -0.2) is 27.2 Å². The van der Waals surface area contributed by atoms with Crippen LogP contribution in [0.15, 0.2) is 0 Å². The van der Waals surface area contributed by atoms with E-state index in [0.717, 1.165) is 0 Å². The summed E-state index contributed by atoms with van der Waals surface area (Å²) < 4.78 is 41.5. The van der Waals surface area contributed by atoms with Crippen LogP contribution in [0.1, 0.15) is 0 Å². The van der Waals surface area contributed by atoms with Gasteiger partial charge in [-0.1, -0.05) is 11.6 Å². The van der Waals surface area contributed by atoms with Crippen LogP contribution in [0.4, 0.5) is 0 Å². The molecule has 5 nitrogen and oxygen atoms in total. The third kappa shape index (κ3) is 4.83. The van der Waals surface area contributed by atoms with E-state index >= 15 is 0 Å². The van der Waals surface area contributed by atoms with Crippen LogP contribution < -0.4 is 4.13 Å². The van der Waals surface area contributed by atoms with Gasteiger partial charge in [0, 0.05) is 0 Å². The van der Waals surface area contributed by atoms with Crippen molar-refractivity contribution in [3.63, 3.8) is 0 Å². The van der Waals surface area contributed by atoms with Crippen LogP contribution in [0.25, 0.3) is 0 Å².